The van der Waals surface area contributed by atoms with Crippen LogP contribution in [0.3, 0.4) is 0 Å². The van der Waals surface area contributed by atoms with E-state index >= 15 is 0 Å². The highest BCUT2D eigenvalue weighted by atomic mass is 16.5. The van der Waals surface area contributed by atoms with Gasteiger partial charge in [-0.1, -0.05) is 26.0 Å². The molecule has 0 spiro atoms. The van der Waals surface area contributed by atoms with Crippen molar-refractivity contribution in [3.63, 3.8) is 0 Å². The third-order valence-electron chi connectivity index (χ3n) is 4.73. The summed E-state index contributed by atoms with van der Waals surface area (Å²) < 4.78 is 5.45. The smallest absolute Gasteiger partial charge is 0.0642 e. The maximum atomic E-state index is 5.45. The summed E-state index contributed by atoms with van der Waals surface area (Å²) in [6.45, 7) is 8.35. The quantitative estimate of drug-likeness (QED) is 0.911. The minimum atomic E-state index is 0.657. The molecule has 3 rings (SSSR count). The van der Waals surface area contributed by atoms with E-state index in [-0.39, 0.29) is 0 Å². The number of anilines is 2. The molecule has 1 aliphatic heterocycles. The molecule has 2 fully saturated rings. The van der Waals surface area contributed by atoms with Crippen LogP contribution in [-0.4, -0.2) is 32.3 Å². The largest absolute Gasteiger partial charge is 0.381 e. The van der Waals surface area contributed by atoms with Gasteiger partial charge in [-0.15, -0.1) is 0 Å². The normalized spacial score (nSPS) is 26.4. The molecule has 0 atom stereocenters. The summed E-state index contributed by atoms with van der Waals surface area (Å²) in [6.07, 6.45) is 2.63. The zero-order valence-corrected chi connectivity index (χ0v) is 12.6. The molecule has 3 heteroatoms. The Labute approximate surface area is 122 Å². The molecule has 110 valence electrons. The van der Waals surface area contributed by atoms with Crippen molar-refractivity contribution >= 4 is 11.4 Å². The van der Waals surface area contributed by atoms with Crippen molar-refractivity contribution in [3.8, 4) is 0 Å². The molecule has 1 heterocycles. The number of hydrogen-bond donors (Lipinski definition) is 1. The number of rotatable bonds is 4. The predicted molar refractivity (Wildman–Crippen MR) is 84.4 cm³/mol. The van der Waals surface area contributed by atoms with Gasteiger partial charge in [0.05, 0.1) is 24.6 Å². The summed E-state index contributed by atoms with van der Waals surface area (Å²) in [5.41, 5.74) is 2.63. The van der Waals surface area contributed by atoms with E-state index in [9.17, 15) is 0 Å². The fourth-order valence-corrected chi connectivity index (χ4v) is 3.22. The fraction of sp³-hybridized carbons (Fsp3) is 0.647. The van der Waals surface area contributed by atoms with Crippen LogP contribution in [0.2, 0.25) is 0 Å². The molecular formula is C17H26N2O. The van der Waals surface area contributed by atoms with Crippen LogP contribution < -0.4 is 10.2 Å². The molecule has 0 bridgehead atoms. The summed E-state index contributed by atoms with van der Waals surface area (Å²) in [6, 6.07) is 9.36. The predicted octanol–water partition coefficient (Wildman–Crippen LogP) is 3.37. The molecule has 20 heavy (non-hydrogen) atoms. The van der Waals surface area contributed by atoms with E-state index in [0.29, 0.717) is 6.04 Å². The van der Waals surface area contributed by atoms with Gasteiger partial charge in [0, 0.05) is 19.1 Å². The second-order valence-electron chi connectivity index (χ2n) is 6.43. The van der Waals surface area contributed by atoms with Gasteiger partial charge in [-0.2, -0.15) is 0 Å². The fourth-order valence-electron chi connectivity index (χ4n) is 3.22. The molecule has 1 N–H and O–H groups in total. The van der Waals surface area contributed by atoms with E-state index in [4.69, 9.17) is 4.74 Å². The average Bonchev–Trinajstić information content (AvgIpc) is 2.43. The molecular weight excluding hydrogens is 248 g/mol. The Kier molecular flexibility index (Phi) is 4.16. The van der Waals surface area contributed by atoms with Gasteiger partial charge in [-0.3, -0.25) is 0 Å². The first-order chi connectivity index (χ1) is 9.74. The lowest BCUT2D eigenvalue weighted by atomic mass is 9.73. The minimum Gasteiger partial charge on any atom is -0.381 e. The zero-order chi connectivity index (χ0) is 13.9. The third kappa shape index (κ3) is 2.93. The second-order valence-corrected chi connectivity index (χ2v) is 6.43. The van der Waals surface area contributed by atoms with Crippen LogP contribution in [0.25, 0.3) is 0 Å². The molecule has 1 aromatic carbocycles. The summed E-state index contributed by atoms with van der Waals surface area (Å²) in [4.78, 5) is 2.43. The van der Waals surface area contributed by atoms with Gasteiger partial charge in [0.15, 0.2) is 0 Å². The molecule has 0 amide bonds. The van der Waals surface area contributed by atoms with Crippen LogP contribution >= 0.6 is 0 Å². The summed E-state index contributed by atoms with van der Waals surface area (Å²) in [5, 5.41) is 3.75. The highest BCUT2D eigenvalue weighted by Crippen LogP contribution is 2.37. The van der Waals surface area contributed by atoms with E-state index in [1.807, 2.05) is 0 Å². The SMILES string of the molecule is CC(C)C1CC(Nc2ccccc2N2CCOCC2)C1. The molecule has 0 unspecified atom stereocenters. The zero-order valence-electron chi connectivity index (χ0n) is 12.6. The van der Waals surface area contributed by atoms with Crippen LogP contribution in [0.1, 0.15) is 26.7 Å². The number of para-hydroxylation sites is 2. The molecule has 1 aromatic rings. The summed E-state index contributed by atoms with van der Waals surface area (Å²) in [5.74, 6) is 1.73. The van der Waals surface area contributed by atoms with E-state index < -0.39 is 0 Å². The molecule has 3 nitrogen and oxygen atoms in total. The summed E-state index contributed by atoms with van der Waals surface area (Å²) >= 11 is 0. The monoisotopic (exact) mass is 274 g/mol. The minimum absolute atomic E-state index is 0.657. The van der Waals surface area contributed by atoms with Gasteiger partial charge in [0.1, 0.15) is 0 Å². The molecule has 0 aromatic heterocycles. The standard InChI is InChI=1S/C17H26N2O/c1-13(2)14-11-15(12-14)18-16-5-3-4-6-17(16)19-7-9-20-10-8-19/h3-6,13-15,18H,7-12H2,1-2H3. The lowest BCUT2D eigenvalue weighted by Gasteiger charge is -2.40. The Morgan fingerprint density at radius 3 is 2.55 bits per heavy atom. The van der Waals surface area contributed by atoms with Crippen molar-refractivity contribution in [1.29, 1.82) is 0 Å². The van der Waals surface area contributed by atoms with E-state index in [0.717, 1.165) is 38.1 Å². The maximum absolute atomic E-state index is 5.45. The highest BCUT2D eigenvalue weighted by molar-refractivity contribution is 5.70. The second kappa shape index (κ2) is 6.04. The van der Waals surface area contributed by atoms with Crippen LogP contribution in [0.4, 0.5) is 11.4 Å². The number of nitrogens with zero attached hydrogens (tertiary/aromatic N) is 1. The van der Waals surface area contributed by atoms with Crippen LogP contribution in [0.5, 0.6) is 0 Å². The van der Waals surface area contributed by atoms with E-state index in [1.54, 1.807) is 0 Å². The molecule has 0 radical (unpaired) electrons. The highest BCUT2D eigenvalue weighted by Gasteiger charge is 2.31. The van der Waals surface area contributed by atoms with Crippen LogP contribution in [0, 0.1) is 11.8 Å². The van der Waals surface area contributed by atoms with Crippen molar-refractivity contribution in [1.82, 2.24) is 0 Å². The maximum Gasteiger partial charge on any atom is 0.0642 e. The summed E-state index contributed by atoms with van der Waals surface area (Å²) in [7, 11) is 0. The van der Waals surface area contributed by atoms with Crippen molar-refractivity contribution in [2.45, 2.75) is 32.7 Å². The first kappa shape index (κ1) is 13.7. The van der Waals surface area contributed by atoms with E-state index in [2.05, 4.69) is 48.3 Å². The Bertz CT molecular complexity index is 434. The molecule has 1 aliphatic carbocycles. The van der Waals surface area contributed by atoms with Crippen molar-refractivity contribution in [3.05, 3.63) is 24.3 Å². The van der Waals surface area contributed by atoms with Gasteiger partial charge in [-0.05, 0) is 36.8 Å². The Hall–Kier alpha value is -1.22. The Morgan fingerprint density at radius 1 is 1.15 bits per heavy atom. The molecule has 1 saturated carbocycles. The van der Waals surface area contributed by atoms with Gasteiger partial charge < -0.3 is 15.0 Å². The van der Waals surface area contributed by atoms with Crippen molar-refractivity contribution < 1.29 is 4.74 Å². The van der Waals surface area contributed by atoms with Gasteiger partial charge in [0.2, 0.25) is 0 Å². The van der Waals surface area contributed by atoms with E-state index in [1.165, 1.54) is 24.2 Å². The Morgan fingerprint density at radius 2 is 1.85 bits per heavy atom. The van der Waals surface area contributed by atoms with Gasteiger partial charge in [-0.25, -0.2) is 0 Å². The number of morpholine rings is 1. The first-order valence-electron chi connectivity index (χ1n) is 7.92. The lowest BCUT2D eigenvalue weighted by Crippen LogP contribution is -2.40. The van der Waals surface area contributed by atoms with Gasteiger partial charge >= 0.3 is 0 Å². The van der Waals surface area contributed by atoms with Crippen molar-refractivity contribution in [2.75, 3.05) is 36.5 Å². The molecule has 1 saturated heterocycles. The average molecular weight is 274 g/mol. The number of nitrogens with one attached hydrogen (secondary N) is 1. The number of ether oxygens (including phenoxy) is 1. The third-order valence-corrected chi connectivity index (χ3v) is 4.73. The van der Waals surface area contributed by atoms with Gasteiger partial charge in [0.25, 0.3) is 0 Å². The van der Waals surface area contributed by atoms with Crippen molar-refractivity contribution in [2.24, 2.45) is 11.8 Å². The Balaban J connectivity index is 1.64. The number of hydrogen-bond acceptors (Lipinski definition) is 3. The molecule has 2 aliphatic rings. The first-order valence-corrected chi connectivity index (χ1v) is 7.92. The van der Waals surface area contributed by atoms with Crippen LogP contribution in [-0.2, 0) is 4.74 Å². The number of benzene rings is 1. The lowest BCUT2D eigenvalue weighted by molar-refractivity contribution is 0.122. The van der Waals surface area contributed by atoms with Crippen LogP contribution in [0.15, 0.2) is 24.3 Å². The topological polar surface area (TPSA) is 24.5 Å².